The van der Waals surface area contributed by atoms with Gasteiger partial charge in [0.05, 0.1) is 12.7 Å². The van der Waals surface area contributed by atoms with E-state index in [0.717, 1.165) is 6.07 Å². The van der Waals surface area contributed by atoms with Crippen LogP contribution >= 0.6 is 0 Å². The largest absolute Gasteiger partial charge is 0.496 e. The molecule has 0 amide bonds. The topological polar surface area (TPSA) is 26.3 Å². The number of benzene rings is 1. The van der Waals surface area contributed by atoms with Crippen molar-refractivity contribution >= 4 is 5.78 Å². The Morgan fingerprint density at radius 2 is 1.79 bits per heavy atom. The summed E-state index contributed by atoms with van der Waals surface area (Å²) in [5.74, 6) is -0.583. The minimum Gasteiger partial charge on any atom is -0.496 e. The zero-order chi connectivity index (χ0) is 14.8. The van der Waals surface area contributed by atoms with Gasteiger partial charge in [0, 0.05) is 12.0 Å². The van der Waals surface area contributed by atoms with Crippen molar-refractivity contribution in [2.75, 3.05) is 7.11 Å². The molecule has 0 aromatic heterocycles. The summed E-state index contributed by atoms with van der Waals surface area (Å²) in [4.78, 5) is 11.9. The molecule has 106 valence electrons. The maximum Gasteiger partial charge on any atom is 0.419 e. The highest BCUT2D eigenvalue weighted by Gasteiger charge is 2.35. The van der Waals surface area contributed by atoms with Gasteiger partial charge in [0.2, 0.25) is 0 Å². The first-order chi connectivity index (χ1) is 8.54. The monoisotopic (exact) mass is 274 g/mol. The summed E-state index contributed by atoms with van der Waals surface area (Å²) in [6.45, 7) is 5.58. The molecule has 0 radical (unpaired) electrons. The van der Waals surface area contributed by atoms with Crippen molar-refractivity contribution < 1.29 is 22.7 Å². The number of methoxy groups -OCH3 is 1. The fraction of sp³-hybridized carbons (Fsp3) is 0.500. The molecule has 0 aliphatic carbocycles. The summed E-state index contributed by atoms with van der Waals surface area (Å²) < 4.78 is 43.2. The molecule has 0 aliphatic heterocycles. The molecule has 0 N–H and O–H groups in total. The number of carbonyl (C=O) groups is 1. The Labute approximate surface area is 110 Å². The van der Waals surface area contributed by atoms with E-state index in [1.54, 1.807) is 0 Å². The smallest absolute Gasteiger partial charge is 0.419 e. The minimum atomic E-state index is -4.54. The van der Waals surface area contributed by atoms with Gasteiger partial charge in [-0.15, -0.1) is 0 Å². The molecule has 0 heterocycles. The lowest BCUT2D eigenvalue weighted by Crippen LogP contribution is -2.15. The highest BCUT2D eigenvalue weighted by molar-refractivity contribution is 5.96. The lowest BCUT2D eigenvalue weighted by atomic mass is 9.87. The Kier molecular flexibility index (Phi) is 4.28. The van der Waals surface area contributed by atoms with Gasteiger partial charge < -0.3 is 4.74 Å². The molecular formula is C14H17F3O2. The van der Waals surface area contributed by atoms with Gasteiger partial charge in [0.15, 0.2) is 5.78 Å². The van der Waals surface area contributed by atoms with Crippen LogP contribution in [-0.4, -0.2) is 12.9 Å². The third kappa shape index (κ3) is 4.26. The van der Waals surface area contributed by atoms with Crippen molar-refractivity contribution in [1.82, 2.24) is 0 Å². The summed E-state index contributed by atoms with van der Waals surface area (Å²) in [5, 5.41) is 0. The van der Waals surface area contributed by atoms with E-state index < -0.39 is 11.7 Å². The number of hydrogen-bond donors (Lipinski definition) is 0. The first kappa shape index (κ1) is 15.5. The van der Waals surface area contributed by atoms with Crippen molar-refractivity contribution in [2.24, 2.45) is 5.41 Å². The summed E-state index contributed by atoms with van der Waals surface area (Å²) in [7, 11) is 1.17. The fourth-order valence-corrected chi connectivity index (χ4v) is 1.69. The predicted molar refractivity (Wildman–Crippen MR) is 66.4 cm³/mol. The number of hydrogen-bond acceptors (Lipinski definition) is 2. The van der Waals surface area contributed by atoms with Crippen LogP contribution in [0, 0.1) is 5.41 Å². The molecule has 1 aromatic rings. The Balaban J connectivity index is 3.16. The van der Waals surface area contributed by atoms with E-state index in [4.69, 9.17) is 0 Å². The lowest BCUT2D eigenvalue weighted by Gasteiger charge is -2.18. The molecule has 0 aliphatic rings. The third-order valence-corrected chi connectivity index (χ3v) is 2.52. The Bertz CT molecular complexity index is 471. The van der Waals surface area contributed by atoms with E-state index >= 15 is 0 Å². The standard InChI is InChI=1S/C14H17F3O2/c1-13(2,3)8-11(18)9-5-6-12(19-4)10(7-9)14(15,16)17/h5-7H,8H2,1-4H3. The van der Waals surface area contributed by atoms with Crippen LogP contribution in [0.4, 0.5) is 13.2 Å². The number of carbonyl (C=O) groups excluding carboxylic acids is 1. The van der Waals surface area contributed by atoms with Crippen molar-refractivity contribution in [3.05, 3.63) is 29.3 Å². The first-order valence-electron chi connectivity index (χ1n) is 5.83. The van der Waals surface area contributed by atoms with Gasteiger partial charge in [0.1, 0.15) is 5.75 Å². The van der Waals surface area contributed by atoms with Crippen LogP contribution in [-0.2, 0) is 6.18 Å². The molecule has 5 heteroatoms. The quantitative estimate of drug-likeness (QED) is 0.767. The van der Waals surface area contributed by atoms with Gasteiger partial charge in [-0.2, -0.15) is 13.2 Å². The number of ether oxygens (including phenoxy) is 1. The molecule has 0 spiro atoms. The van der Waals surface area contributed by atoms with Crippen molar-refractivity contribution in [3.63, 3.8) is 0 Å². The summed E-state index contributed by atoms with van der Waals surface area (Å²) in [6.07, 6.45) is -4.35. The number of halogens is 3. The maximum absolute atomic E-state index is 12.8. The highest BCUT2D eigenvalue weighted by Crippen LogP contribution is 2.37. The van der Waals surface area contributed by atoms with Crippen LogP contribution < -0.4 is 4.74 Å². The van der Waals surface area contributed by atoms with Crippen LogP contribution in [0.3, 0.4) is 0 Å². The average molecular weight is 274 g/mol. The van der Waals surface area contributed by atoms with Crippen LogP contribution in [0.15, 0.2) is 18.2 Å². The minimum absolute atomic E-state index is 0.0584. The molecule has 0 fully saturated rings. The Hall–Kier alpha value is -1.52. The highest BCUT2D eigenvalue weighted by atomic mass is 19.4. The molecule has 0 saturated carbocycles. The van der Waals surface area contributed by atoms with E-state index in [0.29, 0.717) is 0 Å². The second kappa shape index (κ2) is 5.23. The summed E-state index contributed by atoms with van der Waals surface area (Å²) >= 11 is 0. The predicted octanol–water partition coefficient (Wildman–Crippen LogP) is 4.33. The third-order valence-electron chi connectivity index (χ3n) is 2.52. The van der Waals surface area contributed by atoms with Gasteiger partial charge in [-0.25, -0.2) is 0 Å². The second-order valence-corrected chi connectivity index (χ2v) is 5.57. The van der Waals surface area contributed by atoms with Crippen molar-refractivity contribution in [3.8, 4) is 5.75 Å². The summed E-state index contributed by atoms with van der Waals surface area (Å²) in [5.41, 5.74) is -1.13. The molecule has 19 heavy (non-hydrogen) atoms. The molecule has 2 nitrogen and oxygen atoms in total. The molecular weight excluding hydrogens is 257 g/mol. The number of ketones is 1. The van der Waals surface area contributed by atoms with Crippen LogP contribution in [0.2, 0.25) is 0 Å². The molecule has 1 rings (SSSR count). The molecule has 0 atom stereocenters. The van der Waals surface area contributed by atoms with E-state index in [2.05, 4.69) is 4.74 Å². The van der Waals surface area contributed by atoms with E-state index in [-0.39, 0.29) is 28.9 Å². The number of rotatable bonds is 3. The fourth-order valence-electron chi connectivity index (χ4n) is 1.69. The van der Waals surface area contributed by atoms with Gasteiger partial charge in [-0.1, -0.05) is 20.8 Å². The van der Waals surface area contributed by atoms with Crippen LogP contribution in [0.1, 0.15) is 43.1 Å². The number of Topliss-reactive ketones (excluding diaryl/α,β-unsaturated/α-hetero) is 1. The summed E-state index contributed by atoms with van der Waals surface area (Å²) in [6, 6.07) is 3.40. The Morgan fingerprint density at radius 3 is 2.21 bits per heavy atom. The van der Waals surface area contributed by atoms with Gasteiger partial charge in [0.25, 0.3) is 0 Å². The van der Waals surface area contributed by atoms with Crippen LogP contribution in [0.5, 0.6) is 5.75 Å². The van der Waals surface area contributed by atoms with Crippen molar-refractivity contribution in [1.29, 1.82) is 0 Å². The normalized spacial score (nSPS) is 12.4. The Morgan fingerprint density at radius 1 is 1.21 bits per heavy atom. The number of alkyl halides is 3. The molecule has 1 aromatic carbocycles. The maximum atomic E-state index is 12.8. The zero-order valence-corrected chi connectivity index (χ0v) is 11.4. The molecule has 0 saturated heterocycles. The second-order valence-electron chi connectivity index (χ2n) is 5.57. The van der Waals surface area contributed by atoms with Gasteiger partial charge in [-0.3, -0.25) is 4.79 Å². The van der Waals surface area contributed by atoms with Crippen molar-refractivity contribution in [2.45, 2.75) is 33.4 Å². The van der Waals surface area contributed by atoms with E-state index in [9.17, 15) is 18.0 Å². The first-order valence-corrected chi connectivity index (χ1v) is 5.83. The van der Waals surface area contributed by atoms with Crippen LogP contribution in [0.25, 0.3) is 0 Å². The molecule has 0 bridgehead atoms. The lowest BCUT2D eigenvalue weighted by molar-refractivity contribution is -0.138. The van der Waals surface area contributed by atoms with Gasteiger partial charge in [-0.05, 0) is 23.6 Å². The average Bonchev–Trinajstić information content (AvgIpc) is 2.24. The molecule has 0 unspecified atom stereocenters. The van der Waals surface area contributed by atoms with E-state index in [1.165, 1.54) is 19.2 Å². The van der Waals surface area contributed by atoms with Gasteiger partial charge >= 0.3 is 6.18 Å². The zero-order valence-electron chi connectivity index (χ0n) is 11.4. The SMILES string of the molecule is COc1ccc(C(=O)CC(C)(C)C)cc1C(F)(F)F. The van der Waals surface area contributed by atoms with E-state index in [1.807, 2.05) is 20.8 Å².